The lowest BCUT2D eigenvalue weighted by atomic mass is 10.0. The van der Waals surface area contributed by atoms with E-state index in [0.29, 0.717) is 12.0 Å². The van der Waals surface area contributed by atoms with Gasteiger partial charge in [-0.05, 0) is 29.7 Å². The molecule has 3 heteroatoms. The molecule has 0 atom stereocenters. The maximum atomic E-state index is 10.5. The molecule has 0 saturated heterocycles. The third-order valence-corrected chi connectivity index (χ3v) is 1.90. The van der Waals surface area contributed by atoms with Crippen LogP contribution in [0.4, 0.5) is 0 Å². The number of carbonyl (C=O) groups is 1. The largest absolute Gasteiger partial charge is 0.508 e. The molecule has 0 spiro atoms. The Hall–Kier alpha value is -1.77. The molecule has 0 aliphatic carbocycles. The maximum absolute atomic E-state index is 10.5. The van der Waals surface area contributed by atoms with Gasteiger partial charge in [-0.3, -0.25) is 0 Å². The van der Waals surface area contributed by atoms with Gasteiger partial charge in [-0.2, -0.15) is 0 Å². The molecular weight excluding hydrogens is 180 g/mol. The van der Waals surface area contributed by atoms with Crippen LogP contribution in [0.25, 0.3) is 5.57 Å². The number of carboxylic acid groups (broad SMARTS) is 1. The first-order valence-corrected chi connectivity index (χ1v) is 4.36. The van der Waals surface area contributed by atoms with Crippen LogP contribution in [0.2, 0.25) is 0 Å². The number of hydrogen-bond acceptors (Lipinski definition) is 2. The monoisotopic (exact) mass is 192 g/mol. The molecule has 74 valence electrons. The summed E-state index contributed by atoms with van der Waals surface area (Å²) >= 11 is 0. The van der Waals surface area contributed by atoms with E-state index in [9.17, 15) is 9.90 Å². The van der Waals surface area contributed by atoms with Gasteiger partial charge in [-0.15, -0.1) is 0 Å². The molecule has 0 fully saturated rings. The number of allylic oxidation sites excluding steroid dienone is 1. The fourth-order valence-corrected chi connectivity index (χ4v) is 1.24. The average molecular weight is 192 g/mol. The van der Waals surface area contributed by atoms with Gasteiger partial charge in [-0.1, -0.05) is 19.1 Å². The summed E-state index contributed by atoms with van der Waals surface area (Å²) in [5, 5.41) is 17.8. The first-order chi connectivity index (χ1) is 6.63. The van der Waals surface area contributed by atoms with Gasteiger partial charge in [0.05, 0.1) is 0 Å². The van der Waals surface area contributed by atoms with Crippen LogP contribution in [0, 0.1) is 0 Å². The second-order valence-corrected chi connectivity index (χ2v) is 2.91. The van der Waals surface area contributed by atoms with Gasteiger partial charge in [0.2, 0.25) is 0 Å². The van der Waals surface area contributed by atoms with Gasteiger partial charge >= 0.3 is 5.97 Å². The molecule has 0 radical (unpaired) electrons. The van der Waals surface area contributed by atoms with E-state index in [0.717, 1.165) is 11.6 Å². The summed E-state index contributed by atoms with van der Waals surface area (Å²) in [6.07, 6.45) is 1.78. The number of phenols is 1. The zero-order chi connectivity index (χ0) is 10.6. The Labute approximate surface area is 82.3 Å². The van der Waals surface area contributed by atoms with Crippen molar-refractivity contribution in [3.63, 3.8) is 0 Å². The Morgan fingerprint density at radius 2 is 2.21 bits per heavy atom. The van der Waals surface area contributed by atoms with E-state index in [1.54, 1.807) is 24.3 Å². The quantitative estimate of drug-likeness (QED) is 0.722. The Bertz CT molecular complexity index is 367. The molecule has 14 heavy (non-hydrogen) atoms. The van der Waals surface area contributed by atoms with Crippen LogP contribution in [-0.4, -0.2) is 16.2 Å². The van der Waals surface area contributed by atoms with Crippen LogP contribution >= 0.6 is 0 Å². The molecule has 1 rings (SSSR count). The molecule has 0 aliphatic heterocycles. The van der Waals surface area contributed by atoms with Crippen molar-refractivity contribution in [3.8, 4) is 5.75 Å². The van der Waals surface area contributed by atoms with Crippen molar-refractivity contribution in [2.45, 2.75) is 13.3 Å². The van der Waals surface area contributed by atoms with Crippen LogP contribution < -0.4 is 0 Å². The molecule has 1 aromatic carbocycles. The van der Waals surface area contributed by atoms with Crippen LogP contribution in [0.5, 0.6) is 5.75 Å². The molecule has 0 bridgehead atoms. The first-order valence-electron chi connectivity index (χ1n) is 4.36. The van der Waals surface area contributed by atoms with Crippen molar-refractivity contribution in [2.75, 3.05) is 0 Å². The predicted octanol–water partition coefficient (Wildman–Crippen LogP) is 2.27. The molecule has 2 N–H and O–H groups in total. The summed E-state index contributed by atoms with van der Waals surface area (Å²) < 4.78 is 0. The normalized spacial score (nSPS) is 11.4. The highest BCUT2D eigenvalue weighted by atomic mass is 16.4. The smallest absolute Gasteiger partial charge is 0.328 e. The molecule has 0 aliphatic rings. The van der Waals surface area contributed by atoms with E-state index in [-0.39, 0.29) is 5.75 Å². The third-order valence-electron chi connectivity index (χ3n) is 1.90. The summed E-state index contributed by atoms with van der Waals surface area (Å²) in [5.41, 5.74) is 1.45. The molecule has 0 aromatic heterocycles. The summed E-state index contributed by atoms with van der Waals surface area (Å²) in [6, 6.07) is 6.57. The summed E-state index contributed by atoms with van der Waals surface area (Å²) in [5.74, 6) is -0.822. The second-order valence-electron chi connectivity index (χ2n) is 2.91. The minimum absolute atomic E-state index is 0.146. The zero-order valence-corrected chi connectivity index (χ0v) is 7.90. The Balaban J connectivity index is 3.07. The van der Waals surface area contributed by atoms with E-state index in [4.69, 9.17) is 5.11 Å². The number of carboxylic acids is 1. The highest BCUT2D eigenvalue weighted by Crippen LogP contribution is 2.21. The van der Waals surface area contributed by atoms with Gasteiger partial charge in [0.1, 0.15) is 5.75 Å². The number of aliphatic carboxylic acids is 1. The van der Waals surface area contributed by atoms with E-state index in [2.05, 4.69) is 0 Å². The fraction of sp³-hybridized carbons (Fsp3) is 0.182. The second kappa shape index (κ2) is 4.46. The fourth-order valence-electron chi connectivity index (χ4n) is 1.24. The van der Waals surface area contributed by atoms with Gasteiger partial charge in [0, 0.05) is 6.08 Å². The van der Waals surface area contributed by atoms with E-state index in [1.165, 1.54) is 0 Å². The molecule has 3 nitrogen and oxygen atoms in total. The Morgan fingerprint density at radius 3 is 2.71 bits per heavy atom. The van der Waals surface area contributed by atoms with Crippen molar-refractivity contribution in [2.24, 2.45) is 0 Å². The van der Waals surface area contributed by atoms with Crippen LogP contribution in [-0.2, 0) is 4.79 Å². The van der Waals surface area contributed by atoms with Crippen molar-refractivity contribution in [3.05, 3.63) is 35.9 Å². The lowest BCUT2D eigenvalue weighted by molar-refractivity contribution is -0.131. The van der Waals surface area contributed by atoms with Gasteiger partial charge in [-0.25, -0.2) is 4.79 Å². The summed E-state index contributed by atoms with van der Waals surface area (Å²) in [4.78, 5) is 10.5. The first kappa shape index (κ1) is 10.3. The SMILES string of the molecule is CC/C(=C\C(=O)O)c1cccc(O)c1. The van der Waals surface area contributed by atoms with Crippen LogP contribution in [0.3, 0.4) is 0 Å². The van der Waals surface area contributed by atoms with E-state index >= 15 is 0 Å². The summed E-state index contributed by atoms with van der Waals surface area (Å²) in [7, 11) is 0. The van der Waals surface area contributed by atoms with Crippen LogP contribution in [0.15, 0.2) is 30.3 Å². The predicted molar refractivity (Wildman–Crippen MR) is 54.0 cm³/mol. The Morgan fingerprint density at radius 1 is 1.50 bits per heavy atom. The zero-order valence-electron chi connectivity index (χ0n) is 7.90. The molecule has 1 aromatic rings. The standard InChI is InChI=1S/C11H12O3/c1-2-8(7-11(13)14)9-4-3-5-10(12)6-9/h3-7,12H,2H2,1H3,(H,13,14)/b8-7+. The highest BCUT2D eigenvalue weighted by Gasteiger charge is 2.02. The topological polar surface area (TPSA) is 57.5 Å². The number of hydrogen-bond donors (Lipinski definition) is 2. The molecule has 0 heterocycles. The highest BCUT2D eigenvalue weighted by molar-refractivity contribution is 5.90. The molecule has 0 unspecified atom stereocenters. The Kier molecular flexibility index (Phi) is 3.29. The van der Waals surface area contributed by atoms with E-state index in [1.807, 2.05) is 6.92 Å². The van der Waals surface area contributed by atoms with Crippen molar-refractivity contribution in [1.82, 2.24) is 0 Å². The minimum atomic E-state index is -0.967. The van der Waals surface area contributed by atoms with Crippen LogP contribution in [0.1, 0.15) is 18.9 Å². The van der Waals surface area contributed by atoms with Gasteiger partial charge in [0.15, 0.2) is 0 Å². The van der Waals surface area contributed by atoms with Gasteiger partial charge in [0.25, 0.3) is 0 Å². The molecule has 0 amide bonds. The number of phenolic OH excluding ortho intramolecular Hbond substituents is 1. The minimum Gasteiger partial charge on any atom is -0.508 e. The average Bonchev–Trinajstić information content (AvgIpc) is 2.14. The third kappa shape index (κ3) is 2.62. The number of rotatable bonds is 3. The van der Waals surface area contributed by atoms with Crippen molar-refractivity contribution in [1.29, 1.82) is 0 Å². The lowest BCUT2D eigenvalue weighted by Gasteiger charge is -2.03. The number of aromatic hydroxyl groups is 1. The maximum Gasteiger partial charge on any atom is 0.328 e. The number of benzene rings is 1. The van der Waals surface area contributed by atoms with Crippen molar-refractivity contribution >= 4 is 11.5 Å². The summed E-state index contributed by atoms with van der Waals surface area (Å²) in [6.45, 7) is 1.87. The lowest BCUT2D eigenvalue weighted by Crippen LogP contribution is -1.91. The van der Waals surface area contributed by atoms with E-state index < -0.39 is 5.97 Å². The van der Waals surface area contributed by atoms with Gasteiger partial charge < -0.3 is 10.2 Å². The molecule has 0 saturated carbocycles. The molecular formula is C11H12O3. The van der Waals surface area contributed by atoms with Crippen molar-refractivity contribution < 1.29 is 15.0 Å².